The van der Waals surface area contributed by atoms with Crippen molar-refractivity contribution in [1.82, 2.24) is 20.5 Å². The molecule has 1 aromatic rings. The molecule has 0 aliphatic carbocycles. The minimum atomic E-state index is -0.0162. The van der Waals surface area contributed by atoms with E-state index in [1.165, 1.54) is 13.0 Å². The predicted molar refractivity (Wildman–Crippen MR) is 98.3 cm³/mol. The number of nitrogens with zero attached hydrogens (tertiary/aromatic N) is 3. The quantitative estimate of drug-likeness (QED) is 0.639. The maximum atomic E-state index is 5.81. The average molecular weight is 335 g/mol. The molecular weight excluding hydrogens is 302 g/mol. The Morgan fingerprint density at radius 1 is 1.38 bits per heavy atom. The second-order valence-electron chi connectivity index (χ2n) is 7.55. The van der Waals surface area contributed by atoms with Crippen molar-refractivity contribution in [3.8, 4) is 0 Å². The van der Waals surface area contributed by atoms with Gasteiger partial charge < -0.3 is 20.0 Å². The normalized spacial score (nSPS) is 18.0. The monoisotopic (exact) mass is 335 g/mol. The summed E-state index contributed by atoms with van der Waals surface area (Å²) < 4.78 is 5.81. The van der Waals surface area contributed by atoms with Crippen LogP contribution < -0.4 is 10.6 Å². The standard InChI is InChI=1S/C18H33N5O/c1-6-9-23-10-7-14(8-11-23)22-17(19-5)21-13-16-20-12-15(24-16)18(2,3)4/h12,14H,6-11,13H2,1-5H3,(H2,19,21,22). The number of likely N-dealkylation sites (tertiary alicyclic amines) is 1. The van der Waals surface area contributed by atoms with Crippen molar-refractivity contribution in [1.29, 1.82) is 0 Å². The molecule has 0 spiro atoms. The molecule has 1 saturated heterocycles. The lowest BCUT2D eigenvalue weighted by molar-refractivity contribution is 0.206. The summed E-state index contributed by atoms with van der Waals surface area (Å²) in [5.74, 6) is 2.42. The molecule has 136 valence electrons. The molecule has 0 atom stereocenters. The van der Waals surface area contributed by atoms with Crippen molar-refractivity contribution in [2.24, 2.45) is 4.99 Å². The fraction of sp³-hybridized carbons (Fsp3) is 0.778. The van der Waals surface area contributed by atoms with E-state index in [1.54, 1.807) is 7.05 Å². The van der Waals surface area contributed by atoms with E-state index in [2.05, 4.69) is 53.2 Å². The van der Waals surface area contributed by atoms with Crippen LogP contribution in [-0.2, 0) is 12.0 Å². The van der Waals surface area contributed by atoms with E-state index in [0.29, 0.717) is 18.5 Å². The molecule has 24 heavy (non-hydrogen) atoms. The van der Waals surface area contributed by atoms with Crippen LogP contribution in [0.4, 0.5) is 0 Å². The molecule has 0 bridgehead atoms. The molecule has 1 aromatic heterocycles. The van der Waals surface area contributed by atoms with Crippen LogP contribution in [0.1, 0.15) is 58.6 Å². The molecule has 1 aliphatic heterocycles. The number of hydrogen-bond donors (Lipinski definition) is 2. The highest BCUT2D eigenvalue weighted by atomic mass is 16.4. The average Bonchev–Trinajstić information content (AvgIpc) is 3.02. The SMILES string of the molecule is CCCN1CCC(NC(=NC)NCc2ncc(C(C)(C)C)o2)CC1. The number of piperidine rings is 1. The Balaban J connectivity index is 1.78. The summed E-state index contributed by atoms with van der Waals surface area (Å²) in [6, 6.07) is 0.485. The molecule has 2 N–H and O–H groups in total. The van der Waals surface area contributed by atoms with Gasteiger partial charge in [0, 0.05) is 31.6 Å². The van der Waals surface area contributed by atoms with E-state index in [9.17, 15) is 0 Å². The van der Waals surface area contributed by atoms with Crippen LogP contribution in [0.15, 0.2) is 15.6 Å². The Hall–Kier alpha value is -1.56. The first-order valence-electron chi connectivity index (χ1n) is 9.07. The van der Waals surface area contributed by atoms with Gasteiger partial charge in [0.05, 0.1) is 12.7 Å². The molecule has 0 aromatic carbocycles. The maximum absolute atomic E-state index is 5.81. The van der Waals surface area contributed by atoms with Crippen LogP contribution in [0.5, 0.6) is 0 Å². The first kappa shape index (κ1) is 18.8. The van der Waals surface area contributed by atoms with Crippen LogP contribution in [0.25, 0.3) is 0 Å². The summed E-state index contributed by atoms with van der Waals surface area (Å²) in [6.07, 6.45) is 5.37. The second kappa shape index (κ2) is 8.51. The van der Waals surface area contributed by atoms with Gasteiger partial charge in [-0.05, 0) is 25.8 Å². The van der Waals surface area contributed by atoms with Gasteiger partial charge in [-0.15, -0.1) is 0 Å². The van der Waals surface area contributed by atoms with E-state index >= 15 is 0 Å². The Morgan fingerprint density at radius 2 is 2.08 bits per heavy atom. The Bertz CT molecular complexity index is 524. The third kappa shape index (κ3) is 5.51. The molecule has 6 nitrogen and oxygen atoms in total. The second-order valence-corrected chi connectivity index (χ2v) is 7.55. The zero-order valence-corrected chi connectivity index (χ0v) is 15.9. The van der Waals surface area contributed by atoms with E-state index in [-0.39, 0.29) is 5.41 Å². The van der Waals surface area contributed by atoms with Crippen LogP contribution in [0.2, 0.25) is 0 Å². The molecule has 6 heteroatoms. The van der Waals surface area contributed by atoms with Crippen LogP contribution in [-0.4, -0.2) is 48.6 Å². The summed E-state index contributed by atoms with van der Waals surface area (Å²) in [5, 5.41) is 6.82. The van der Waals surface area contributed by atoms with E-state index in [0.717, 1.165) is 37.7 Å². The fourth-order valence-electron chi connectivity index (χ4n) is 2.90. The minimum absolute atomic E-state index is 0.0162. The number of rotatable bonds is 5. The van der Waals surface area contributed by atoms with Gasteiger partial charge in [0.15, 0.2) is 5.96 Å². The summed E-state index contributed by atoms with van der Waals surface area (Å²) in [7, 11) is 1.80. The molecule has 0 amide bonds. The molecule has 0 saturated carbocycles. The van der Waals surface area contributed by atoms with Crippen molar-refractivity contribution in [2.75, 3.05) is 26.7 Å². The summed E-state index contributed by atoms with van der Waals surface area (Å²) in [4.78, 5) is 11.2. The summed E-state index contributed by atoms with van der Waals surface area (Å²) in [5.41, 5.74) is -0.0162. The molecule has 1 aliphatic rings. The van der Waals surface area contributed by atoms with Gasteiger partial charge in [0.1, 0.15) is 5.76 Å². The number of aromatic nitrogens is 1. The zero-order chi connectivity index (χ0) is 17.6. The van der Waals surface area contributed by atoms with Crippen molar-refractivity contribution in [3.05, 3.63) is 17.8 Å². The topological polar surface area (TPSA) is 65.7 Å². The number of oxazole rings is 1. The number of guanidine groups is 1. The first-order valence-corrected chi connectivity index (χ1v) is 9.07. The molecule has 2 rings (SSSR count). The smallest absolute Gasteiger partial charge is 0.213 e. The van der Waals surface area contributed by atoms with Gasteiger partial charge in [-0.2, -0.15) is 0 Å². The highest BCUT2D eigenvalue weighted by Crippen LogP contribution is 2.22. The Labute approximate surface area is 146 Å². The van der Waals surface area contributed by atoms with Gasteiger partial charge in [-0.1, -0.05) is 27.7 Å². The molecule has 1 fully saturated rings. The largest absolute Gasteiger partial charge is 0.443 e. The van der Waals surface area contributed by atoms with Gasteiger partial charge >= 0.3 is 0 Å². The van der Waals surface area contributed by atoms with Gasteiger partial charge in [0.25, 0.3) is 0 Å². The Kier molecular flexibility index (Phi) is 6.66. The highest BCUT2D eigenvalue weighted by Gasteiger charge is 2.21. The van der Waals surface area contributed by atoms with Crippen molar-refractivity contribution in [3.63, 3.8) is 0 Å². The van der Waals surface area contributed by atoms with Crippen molar-refractivity contribution < 1.29 is 4.42 Å². The molecule has 0 radical (unpaired) electrons. The third-order valence-corrected chi connectivity index (χ3v) is 4.39. The lowest BCUT2D eigenvalue weighted by Gasteiger charge is -2.32. The Morgan fingerprint density at radius 3 is 2.62 bits per heavy atom. The molecule has 2 heterocycles. The zero-order valence-electron chi connectivity index (χ0n) is 15.9. The summed E-state index contributed by atoms with van der Waals surface area (Å²) >= 11 is 0. The van der Waals surface area contributed by atoms with Crippen LogP contribution in [0.3, 0.4) is 0 Å². The maximum Gasteiger partial charge on any atom is 0.213 e. The fourth-order valence-corrected chi connectivity index (χ4v) is 2.90. The van der Waals surface area contributed by atoms with Gasteiger partial charge in [0.2, 0.25) is 5.89 Å². The number of aliphatic imine (C=N–C) groups is 1. The highest BCUT2D eigenvalue weighted by molar-refractivity contribution is 5.79. The first-order chi connectivity index (χ1) is 11.4. The van der Waals surface area contributed by atoms with Gasteiger partial charge in [-0.25, -0.2) is 4.98 Å². The van der Waals surface area contributed by atoms with Crippen LogP contribution >= 0.6 is 0 Å². The predicted octanol–water partition coefficient (Wildman–Crippen LogP) is 2.51. The van der Waals surface area contributed by atoms with Crippen molar-refractivity contribution in [2.45, 2.75) is 65.0 Å². The van der Waals surface area contributed by atoms with E-state index < -0.39 is 0 Å². The third-order valence-electron chi connectivity index (χ3n) is 4.39. The molecule has 0 unspecified atom stereocenters. The van der Waals surface area contributed by atoms with Crippen molar-refractivity contribution >= 4 is 5.96 Å². The van der Waals surface area contributed by atoms with Gasteiger partial charge in [-0.3, -0.25) is 4.99 Å². The van der Waals surface area contributed by atoms with E-state index in [1.807, 2.05) is 6.20 Å². The van der Waals surface area contributed by atoms with E-state index in [4.69, 9.17) is 4.42 Å². The minimum Gasteiger partial charge on any atom is -0.443 e. The number of nitrogens with one attached hydrogen (secondary N) is 2. The summed E-state index contributed by atoms with van der Waals surface area (Å²) in [6.45, 7) is 12.7. The number of hydrogen-bond acceptors (Lipinski definition) is 4. The molecular formula is C18H33N5O. The lowest BCUT2D eigenvalue weighted by Crippen LogP contribution is -2.48. The lowest BCUT2D eigenvalue weighted by atomic mass is 9.94. The van der Waals surface area contributed by atoms with Crippen LogP contribution in [0, 0.1) is 0 Å².